The first kappa shape index (κ1) is 12.3. The maximum atomic E-state index is 12.0. The van der Waals surface area contributed by atoms with Gasteiger partial charge in [-0.2, -0.15) is 0 Å². The van der Waals surface area contributed by atoms with Gasteiger partial charge in [-0.15, -0.1) is 0 Å². The number of benzene rings is 1. The first-order chi connectivity index (χ1) is 8.16. The van der Waals surface area contributed by atoms with E-state index in [4.69, 9.17) is 4.74 Å². The molecule has 2 rings (SSSR count). The van der Waals surface area contributed by atoms with Crippen LogP contribution in [0.25, 0.3) is 0 Å². The van der Waals surface area contributed by atoms with E-state index in [0.29, 0.717) is 25.6 Å². The van der Waals surface area contributed by atoms with Crippen molar-refractivity contribution in [2.75, 3.05) is 0 Å². The zero-order chi connectivity index (χ0) is 12.3. The van der Waals surface area contributed by atoms with Crippen LogP contribution in [0.1, 0.15) is 54.6 Å². The first-order valence-corrected chi connectivity index (χ1v) is 6.39. The van der Waals surface area contributed by atoms with E-state index in [-0.39, 0.29) is 5.78 Å². The van der Waals surface area contributed by atoms with Gasteiger partial charge in [0.05, 0.1) is 13.2 Å². The van der Waals surface area contributed by atoms with Crippen LogP contribution in [0.15, 0.2) is 18.2 Å². The molecule has 0 radical (unpaired) electrons. The summed E-state index contributed by atoms with van der Waals surface area (Å²) in [6.45, 7) is 5.73. The van der Waals surface area contributed by atoms with Crippen molar-refractivity contribution < 1.29 is 9.53 Å². The van der Waals surface area contributed by atoms with E-state index in [9.17, 15) is 4.79 Å². The topological polar surface area (TPSA) is 26.3 Å². The van der Waals surface area contributed by atoms with Gasteiger partial charge >= 0.3 is 0 Å². The van der Waals surface area contributed by atoms with E-state index in [0.717, 1.165) is 18.4 Å². The summed E-state index contributed by atoms with van der Waals surface area (Å²) >= 11 is 0. The SMILES string of the molecule is CC(C)CCCC(=O)c1ccc2c(c1)COC2. The third-order valence-corrected chi connectivity index (χ3v) is 3.23. The maximum absolute atomic E-state index is 12.0. The Kier molecular flexibility index (Phi) is 3.95. The second kappa shape index (κ2) is 5.46. The van der Waals surface area contributed by atoms with Gasteiger partial charge in [0, 0.05) is 12.0 Å². The molecule has 2 heteroatoms. The Hall–Kier alpha value is -1.15. The fraction of sp³-hybridized carbons (Fsp3) is 0.533. The molecule has 0 fully saturated rings. The molecule has 1 heterocycles. The molecule has 0 spiro atoms. The fourth-order valence-corrected chi connectivity index (χ4v) is 2.16. The predicted molar refractivity (Wildman–Crippen MR) is 68.0 cm³/mol. The minimum atomic E-state index is 0.264. The van der Waals surface area contributed by atoms with Crippen molar-refractivity contribution in [1.29, 1.82) is 0 Å². The van der Waals surface area contributed by atoms with Crippen LogP contribution in [-0.4, -0.2) is 5.78 Å². The van der Waals surface area contributed by atoms with Crippen molar-refractivity contribution in [3.8, 4) is 0 Å². The Balaban J connectivity index is 1.95. The number of hydrogen-bond acceptors (Lipinski definition) is 2. The van der Waals surface area contributed by atoms with Gasteiger partial charge in [0.2, 0.25) is 0 Å². The Morgan fingerprint density at radius 2 is 2.06 bits per heavy atom. The van der Waals surface area contributed by atoms with Gasteiger partial charge in [0.1, 0.15) is 0 Å². The standard InChI is InChI=1S/C15H20O2/c1-11(2)4-3-5-15(16)12-6-7-13-9-17-10-14(13)8-12/h6-8,11H,3-5,9-10H2,1-2H3. The molecule has 0 N–H and O–H groups in total. The van der Waals surface area contributed by atoms with Crippen LogP contribution in [0, 0.1) is 5.92 Å². The van der Waals surface area contributed by atoms with E-state index in [1.807, 2.05) is 18.2 Å². The summed E-state index contributed by atoms with van der Waals surface area (Å²) < 4.78 is 5.35. The van der Waals surface area contributed by atoms with E-state index in [1.54, 1.807) is 0 Å². The van der Waals surface area contributed by atoms with Crippen molar-refractivity contribution in [3.63, 3.8) is 0 Å². The number of ether oxygens (including phenoxy) is 1. The highest BCUT2D eigenvalue weighted by Crippen LogP contribution is 2.22. The largest absolute Gasteiger partial charge is 0.372 e. The Labute approximate surface area is 103 Å². The summed E-state index contributed by atoms with van der Waals surface area (Å²) in [7, 11) is 0. The van der Waals surface area contributed by atoms with E-state index < -0.39 is 0 Å². The van der Waals surface area contributed by atoms with Crippen molar-refractivity contribution in [2.24, 2.45) is 5.92 Å². The van der Waals surface area contributed by atoms with Crippen LogP contribution < -0.4 is 0 Å². The lowest BCUT2D eigenvalue weighted by atomic mass is 9.99. The molecule has 1 aliphatic rings. The third-order valence-electron chi connectivity index (χ3n) is 3.23. The maximum Gasteiger partial charge on any atom is 0.162 e. The van der Waals surface area contributed by atoms with Crippen molar-refractivity contribution >= 4 is 5.78 Å². The summed E-state index contributed by atoms with van der Waals surface area (Å²) in [4.78, 5) is 12.0. The molecule has 0 aromatic heterocycles. The lowest BCUT2D eigenvalue weighted by molar-refractivity contribution is 0.0978. The fourth-order valence-electron chi connectivity index (χ4n) is 2.16. The normalized spacial score (nSPS) is 14.1. The highest BCUT2D eigenvalue weighted by atomic mass is 16.5. The molecule has 0 bridgehead atoms. The summed E-state index contributed by atoms with van der Waals surface area (Å²) in [5.74, 6) is 0.941. The molecule has 0 saturated carbocycles. The number of ketones is 1. The Bertz CT molecular complexity index is 407. The number of hydrogen-bond donors (Lipinski definition) is 0. The molecule has 92 valence electrons. The van der Waals surface area contributed by atoms with E-state index >= 15 is 0 Å². The quantitative estimate of drug-likeness (QED) is 0.723. The van der Waals surface area contributed by atoms with Crippen molar-refractivity contribution in [1.82, 2.24) is 0 Å². The van der Waals surface area contributed by atoms with Gasteiger partial charge in [-0.05, 0) is 29.5 Å². The van der Waals surface area contributed by atoms with Crippen LogP contribution in [0.4, 0.5) is 0 Å². The molecular weight excluding hydrogens is 212 g/mol. The molecule has 0 saturated heterocycles. The number of Topliss-reactive ketones (excluding diaryl/α,β-unsaturated/α-hetero) is 1. The minimum Gasteiger partial charge on any atom is -0.372 e. The average Bonchev–Trinajstić information content (AvgIpc) is 2.75. The van der Waals surface area contributed by atoms with Gasteiger partial charge in [-0.25, -0.2) is 0 Å². The summed E-state index contributed by atoms with van der Waals surface area (Å²) in [5.41, 5.74) is 3.25. The van der Waals surface area contributed by atoms with Crippen LogP contribution >= 0.6 is 0 Å². The van der Waals surface area contributed by atoms with Gasteiger partial charge in [-0.1, -0.05) is 32.4 Å². The van der Waals surface area contributed by atoms with Crippen molar-refractivity contribution in [2.45, 2.75) is 46.3 Å². The Morgan fingerprint density at radius 1 is 1.29 bits per heavy atom. The number of carbonyl (C=O) groups is 1. The Morgan fingerprint density at radius 3 is 2.82 bits per heavy atom. The van der Waals surface area contributed by atoms with Crippen LogP contribution in [0.2, 0.25) is 0 Å². The molecular formula is C15H20O2. The molecule has 0 aliphatic carbocycles. The van der Waals surface area contributed by atoms with Gasteiger partial charge in [0.25, 0.3) is 0 Å². The molecule has 1 aliphatic heterocycles. The highest BCUT2D eigenvalue weighted by molar-refractivity contribution is 5.96. The van der Waals surface area contributed by atoms with E-state index in [2.05, 4.69) is 13.8 Å². The molecule has 0 atom stereocenters. The van der Waals surface area contributed by atoms with Crippen LogP contribution in [-0.2, 0) is 18.0 Å². The lowest BCUT2D eigenvalue weighted by Gasteiger charge is -2.05. The van der Waals surface area contributed by atoms with Crippen molar-refractivity contribution in [3.05, 3.63) is 34.9 Å². The molecule has 17 heavy (non-hydrogen) atoms. The zero-order valence-electron chi connectivity index (χ0n) is 10.7. The lowest BCUT2D eigenvalue weighted by Crippen LogP contribution is -2.01. The van der Waals surface area contributed by atoms with Crippen LogP contribution in [0.3, 0.4) is 0 Å². The summed E-state index contributed by atoms with van der Waals surface area (Å²) in [6.07, 6.45) is 2.78. The van der Waals surface area contributed by atoms with E-state index in [1.165, 1.54) is 11.1 Å². The highest BCUT2D eigenvalue weighted by Gasteiger charge is 2.14. The predicted octanol–water partition coefficient (Wildman–Crippen LogP) is 3.73. The number of fused-ring (bicyclic) bond motifs is 1. The second-order valence-corrected chi connectivity index (χ2v) is 5.19. The molecule has 0 unspecified atom stereocenters. The molecule has 1 aromatic rings. The van der Waals surface area contributed by atoms with Gasteiger partial charge < -0.3 is 4.74 Å². The molecule has 1 aromatic carbocycles. The van der Waals surface area contributed by atoms with Gasteiger partial charge in [0.15, 0.2) is 5.78 Å². The summed E-state index contributed by atoms with van der Waals surface area (Å²) in [5, 5.41) is 0. The van der Waals surface area contributed by atoms with Crippen LogP contribution in [0.5, 0.6) is 0 Å². The third kappa shape index (κ3) is 3.16. The second-order valence-electron chi connectivity index (χ2n) is 5.19. The summed E-state index contributed by atoms with van der Waals surface area (Å²) in [6, 6.07) is 5.96. The van der Waals surface area contributed by atoms with Gasteiger partial charge in [-0.3, -0.25) is 4.79 Å². The molecule has 2 nitrogen and oxygen atoms in total. The monoisotopic (exact) mass is 232 g/mol. The average molecular weight is 232 g/mol. The zero-order valence-corrected chi connectivity index (χ0v) is 10.7. The minimum absolute atomic E-state index is 0.264. The molecule has 0 amide bonds. The smallest absolute Gasteiger partial charge is 0.162 e. The number of rotatable bonds is 5. The number of carbonyl (C=O) groups excluding carboxylic acids is 1. The first-order valence-electron chi connectivity index (χ1n) is 6.39.